The average Bonchev–Trinajstić information content (AvgIpc) is 2.78. The number of nitrogens with zero attached hydrogens (tertiary/aromatic N) is 1. The number of rotatable bonds is 15. The van der Waals surface area contributed by atoms with Crippen molar-refractivity contribution in [3.63, 3.8) is 0 Å². The molecule has 186 valence electrons. The van der Waals surface area contributed by atoms with Crippen LogP contribution < -0.4 is 9.47 Å². The number of hydrogen-bond acceptors (Lipinski definition) is 6. The van der Waals surface area contributed by atoms with Gasteiger partial charge >= 0.3 is 0 Å². The molecule has 0 radical (unpaired) electrons. The van der Waals surface area contributed by atoms with Crippen molar-refractivity contribution in [2.24, 2.45) is 5.16 Å². The molecule has 0 amide bonds. The SMILES string of the molecule is C/C=C/COc1cc(C)c(OCCCCCS(=O)(=O)CC(Cc2ccccc2)=NOC)c(C)c1. The minimum atomic E-state index is -3.26. The first-order valence-electron chi connectivity index (χ1n) is 11.7. The fourth-order valence-electron chi connectivity index (χ4n) is 3.63. The number of benzene rings is 2. The first kappa shape index (κ1) is 27.4. The molecule has 6 nitrogen and oxygen atoms in total. The van der Waals surface area contributed by atoms with Crippen molar-refractivity contribution in [2.45, 2.75) is 46.5 Å². The van der Waals surface area contributed by atoms with E-state index >= 15 is 0 Å². The zero-order valence-corrected chi connectivity index (χ0v) is 21.6. The van der Waals surface area contributed by atoms with E-state index in [9.17, 15) is 8.42 Å². The van der Waals surface area contributed by atoms with E-state index < -0.39 is 9.84 Å². The molecule has 0 aliphatic heterocycles. The summed E-state index contributed by atoms with van der Waals surface area (Å²) in [7, 11) is -1.82. The standard InChI is InChI=1S/C27H37NO5S/c1-5-6-15-32-26-18-22(2)27(23(3)19-26)33-16-11-8-12-17-34(29,30)21-25(28-31-4)20-24-13-9-7-10-14-24/h5-7,9-10,13-14,18-19H,8,11-12,15-17,20-21H2,1-4H3/b6-5+,28-25?. The van der Waals surface area contributed by atoms with E-state index in [1.165, 1.54) is 7.11 Å². The van der Waals surface area contributed by atoms with Crippen LogP contribution in [0, 0.1) is 13.8 Å². The predicted octanol–water partition coefficient (Wildman–Crippen LogP) is 5.47. The molecule has 7 heteroatoms. The summed E-state index contributed by atoms with van der Waals surface area (Å²) >= 11 is 0. The highest BCUT2D eigenvalue weighted by Gasteiger charge is 2.16. The summed E-state index contributed by atoms with van der Waals surface area (Å²) in [5.74, 6) is 1.73. The van der Waals surface area contributed by atoms with Crippen LogP contribution in [-0.2, 0) is 21.1 Å². The van der Waals surface area contributed by atoms with Crippen LogP contribution in [0.2, 0.25) is 0 Å². The van der Waals surface area contributed by atoms with Crippen LogP contribution in [0.3, 0.4) is 0 Å². The number of hydrogen-bond donors (Lipinski definition) is 0. The van der Waals surface area contributed by atoms with Gasteiger partial charge in [-0.25, -0.2) is 8.42 Å². The first-order chi connectivity index (χ1) is 16.3. The number of unbranched alkanes of at least 4 members (excludes halogenated alkanes) is 2. The molecule has 2 rings (SSSR count). The third-order valence-corrected chi connectivity index (χ3v) is 6.90. The smallest absolute Gasteiger partial charge is 0.155 e. The molecule has 0 N–H and O–H groups in total. The number of ether oxygens (including phenoxy) is 2. The number of oxime groups is 1. The fourth-order valence-corrected chi connectivity index (χ4v) is 5.08. The molecule has 0 aliphatic carbocycles. The van der Waals surface area contributed by atoms with Crippen molar-refractivity contribution in [1.29, 1.82) is 0 Å². The zero-order valence-electron chi connectivity index (χ0n) is 20.7. The lowest BCUT2D eigenvalue weighted by molar-refractivity contribution is 0.212. The van der Waals surface area contributed by atoms with E-state index in [4.69, 9.17) is 14.3 Å². The molecule has 0 heterocycles. The van der Waals surface area contributed by atoms with Gasteiger partial charge in [-0.05, 0) is 68.9 Å². The molecule has 0 saturated carbocycles. The second kappa shape index (κ2) is 14.5. The Labute approximate surface area is 204 Å². The lowest BCUT2D eigenvalue weighted by Gasteiger charge is -2.14. The van der Waals surface area contributed by atoms with Gasteiger partial charge in [-0.1, -0.05) is 47.6 Å². The van der Waals surface area contributed by atoms with Crippen LogP contribution in [-0.4, -0.2) is 46.0 Å². The maximum absolute atomic E-state index is 12.6. The molecular formula is C27H37NO5S. The van der Waals surface area contributed by atoms with E-state index in [1.54, 1.807) is 0 Å². The van der Waals surface area contributed by atoms with E-state index in [0.717, 1.165) is 41.0 Å². The molecule has 0 aromatic heterocycles. The van der Waals surface area contributed by atoms with Gasteiger partial charge in [0, 0.05) is 6.42 Å². The Morgan fingerprint density at radius 2 is 1.71 bits per heavy atom. The number of sulfone groups is 1. The Morgan fingerprint density at radius 1 is 1.00 bits per heavy atom. The zero-order chi connectivity index (χ0) is 24.8. The highest BCUT2D eigenvalue weighted by Crippen LogP contribution is 2.28. The monoisotopic (exact) mass is 487 g/mol. The van der Waals surface area contributed by atoms with Gasteiger partial charge in [-0.2, -0.15) is 0 Å². The fraction of sp³-hybridized carbons (Fsp3) is 0.444. The number of aryl methyl sites for hydroxylation is 2. The molecule has 34 heavy (non-hydrogen) atoms. The quantitative estimate of drug-likeness (QED) is 0.144. The third kappa shape index (κ3) is 10.00. The van der Waals surface area contributed by atoms with Crippen LogP contribution in [0.5, 0.6) is 11.5 Å². The summed E-state index contributed by atoms with van der Waals surface area (Å²) in [6, 6.07) is 13.6. The molecule has 2 aromatic carbocycles. The Bertz CT molecular complexity index is 1020. The minimum absolute atomic E-state index is 0.0902. The van der Waals surface area contributed by atoms with E-state index in [2.05, 4.69) is 5.16 Å². The van der Waals surface area contributed by atoms with E-state index in [-0.39, 0.29) is 11.5 Å². The highest BCUT2D eigenvalue weighted by molar-refractivity contribution is 7.92. The Kier molecular flexibility index (Phi) is 11.7. The lowest BCUT2D eigenvalue weighted by Crippen LogP contribution is -2.21. The Morgan fingerprint density at radius 3 is 2.35 bits per heavy atom. The summed E-state index contributed by atoms with van der Waals surface area (Å²) in [5, 5.41) is 3.94. The van der Waals surface area contributed by atoms with Gasteiger partial charge in [0.2, 0.25) is 0 Å². The summed E-state index contributed by atoms with van der Waals surface area (Å²) < 4.78 is 36.9. The molecular weight excluding hydrogens is 450 g/mol. The minimum Gasteiger partial charge on any atom is -0.493 e. The Balaban J connectivity index is 1.76. The average molecular weight is 488 g/mol. The summed E-state index contributed by atoms with van der Waals surface area (Å²) in [6.07, 6.45) is 6.53. The van der Waals surface area contributed by atoms with Gasteiger partial charge in [0.05, 0.1) is 23.8 Å². The normalized spacial score (nSPS) is 12.2. The molecule has 0 spiro atoms. The molecule has 0 unspecified atom stereocenters. The molecule has 0 atom stereocenters. The molecule has 0 aliphatic rings. The van der Waals surface area contributed by atoms with Gasteiger partial charge in [-0.3, -0.25) is 0 Å². The van der Waals surface area contributed by atoms with Crippen LogP contribution >= 0.6 is 0 Å². The van der Waals surface area contributed by atoms with Crippen LogP contribution in [0.15, 0.2) is 59.8 Å². The summed E-state index contributed by atoms with van der Waals surface area (Å²) in [5.41, 5.74) is 3.58. The van der Waals surface area contributed by atoms with Crippen molar-refractivity contribution in [3.05, 3.63) is 71.3 Å². The van der Waals surface area contributed by atoms with Gasteiger partial charge in [0.1, 0.15) is 25.2 Å². The molecule has 0 bridgehead atoms. The molecule has 2 aromatic rings. The lowest BCUT2D eigenvalue weighted by atomic mass is 10.1. The maximum Gasteiger partial charge on any atom is 0.155 e. The van der Waals surface area contributed by atoms with Gasteiger partial charge in [0.15, 0.2) is 9.84 Å². The van der Waals surface area contributed by atoms with Crippen LogP contribution in [0.25, 0.3) is 0 Å². The summed E-state index contributed by atoms with van der Waals surface area (Å²) in [6.45, 7) is 7.07. The van der Waals surface area contributed by atoms with E-state index in [1.807, 2.05) is 75.4 Å². The van der Waals surface area contributed by atoms with Crippen LogP contribution in [0.1, 0.15) is 42.9 Å². The van der Waals surface area contributed by atoms with Crippen LogP contribution in [0.4, 0.5) is 0 Å². The highest BCUT2D eigenvalue weighted by atomic mass is 32.2. The van der Waals surface area contributed by atoms with Crippen molar-refractivity contribution in [2.75, 3.05) is 31.8 Å². The largest absolute Gasteiger partial charge is 0.493 e. The Hall–Kier alpha value is -2.80. The van der Waals surface area contributed by atoms with Gasteiger partial charge in [-0.15, -0.1) is 0 Å². The predicted molar refractivity (Wildman–Crippen MR) is 139 cm³/mol. The maximum atomic E-state index is 12.6. The van der Waals surface area contributed by atoms with Crippen molar-refractivity contribution < 1.29 is 22.7 Å². The van der Waals surface area contributed by atoms with Gasteiger partial charge < -0.3 is 14.3 Å². The molecule has 0 saturated heterocycles. The van der Waals surface area contributed by atoms with Crippen molar-refractivity contribution in [1.82, 2.24) is 0 Å². The van der Waals surface area contributed by atoms with E-state index in [0.29, 0.717) is 31.8 Å². The second-order valence-electron chi connectivity index (χ2n) is 8.27. The van der Waals surface area contributed by atoms with Crippen molar-refractivity contribution >= 4 is 15.5 Å². The third-order valence-electron chi connectivity index (χ3n) is 5.22. The molecule has 0 fully saturated rings. The topological polar surface area (TPSA) is 74.2 Å². The second-order valence-corrected chi connectivity index (χ2v) is 10.5. The number of allylic oxidation sites excluding steroid dienone is 1. The van der Waals surface area contributed by atoms with Gasteiger partial charge in [0.25, 0.3) is 0 Å². The summed E-state index contributed by atoms with van der Waals surface area (Å²) in [4.78, 5) is 4.87. The van der Waals surface area contributed by atoms with Crippen molar-refractivity contribution in [3.8, 4) is 11.5 Å². The first-order valence-corrected chi connectivity index (χ1v) is 13.5.